The predicted molar refractivity (Wildman–Crippen MR) is 79.6 cm³/mol. The lowest BCUT2D eigenvalue weighted by Gasteiger charge is -2.14. The van der Waals surface area contributed by atoms with E-state index in [-0.39, 0.29) is 10.9 Å². The van der Waals surface area contributed by atoms with Gasteiger partial charge in [-0.2, -0.15) is 5.26 Å². The fourth-order valence-corrected chi connectivity index (χ4v) is 3.21. The van der Waals surface area contributed by atoms with Crippen LogP contribution >= 0.6 is 0 Å². The molecule has 0 aromatic heterocycles. The highest BCUT2D eigenvalue weighted by atomic mass is 32.2. The van der Waals surface area contributed by atoms with Gasteiger partial charge in [0.2, 0.25) is 10.0 Å². The molecule has 1 aromatic rings. The van der Waals surface area contributed by atoms with Crippen molar-refractivity contribution in [2.75, 3.05) is 0 Å². The molecule has 0 saturated heterocycles. The van der Waals surface area contributed by atoms with Crippen LogP contribution in [-0.2, 0) is 10.0 Å². The molecule has 0 spiro atoms. The van der Waals surface area contributed by atoms with Crippen LogP contribution < -0.4 is 4.72 Å². The van der Waals surface area contributed by atoms with E-state index in [0.29, 0.717) is 11.5 Å². The van der Waals surface area contributed by atoms with Crippen LogP contribution in [0, 0.1) is 17.2 Å². The van der Waals surface area contributed by atoms with Crippen molar-refractivity contribution in [1.82, 2.24) is 4.72 Å². The molecule has 0 saturated carbocycles. The lowest BCUT2D eigenvalue weighted by molar-refractivity contribution is 0.488. The van der Waals surface area contributed by atoms with E-state index in [0.717, 1.165) is 19.3 Å². The first-order valence-electron chi connectivity index (χ1n) is 6.87. The van der Waals surface area contributed by atoms with E-state index >= 15 is 0 Å². The van der Waals surface area contributed by atoms with E-state index < -0.39 is 10.0 Å². The van der Waals surface area contributed by atoms with Crippen molar-refractivity contribution in [2.45, 2.75) is 51.0 Å². The minimum absolute atomic E-state index is 0.0885. The van der Waals surface area contributed by atoms with Crippen LogP contribution in [0.1, 0.15) is 45.6 Å². The molecule has 0 radical (unpaired) electrons. The van der Waals surface area contributed by atoms with Gasteiger partial charge in [0.1, 0.15) is 0 Å². The average Bonchev–Trinajstić information content (AvgIpc) is 2.37. The van der Waals surface area contributed by atoms with Crippen LogP contribution in [-0.4, -0.2) is 14.5 Å². The second-order valence-electron chi connectivity index (χ2n) is 5.48. The largest absolute Gasteiger partial charge is 0.240 e. The van der Waals surface area contributed by atoms with Crippen LogP contribution in [0.4, 0.5) is 0 Å². The smallest absolute Gasteiger partial charge is 0.208 e. The normalized spacial score (nSPS) is 13.2. The SMILES string of the molecule is CC(C)CCC[C@H](C)NS(=O)(=O)c1ccc(C#N)cc1. The molecule has 1 N–H and O–H groups in total. The fourth-order valence-electron chi connectivity index (χ4n) is 1.93. The molecular formula is C15H22N2O2S. The third-order valence-electron chi connectivity index (χ3n) is 3.07. The lowest BCUT2D eigenvalue weighted by atomic mass is 10.0. The number of hydrogen-bond donors (Lipinski definition) is 1. The Morgan fingerprint density at radius 3 is 2.25 bits per heavy atom. The highest BCUT2D eigenvalue weighted by molar-refractivity contribution is 7.89. The number of sulfonamides is 1. The Labute approximate surface area is 121 Å². The Bertz CT molecular complexity index is 557. The van der Waals surface area contributed by atoms with Gasteiger partial charge in [-0.05, 0) is 43.5 Å². The molecule has 1 rings (SSSR count). The van der Waals surface area contributed by atoms with E-state index in [2.05, 4.69) is 18.6 Å². The van der Waals surface area contributed by atoms with Gasteiger partial charge in [0.25, 0.3) is 0 Å². The zero-order chi connectivity index (χ0) is 15.2. The number of nitrogens with one attached hydrogen (secondary N) is 1. The van der Waals surface area contributed by atoms with E-state index in [4.69, 9.17) is 5.26 Å². The molecule has 110 valence electrons. The summed E-state index contributed by atoms with van der Waals surface area (Å²) in [5.41, 5.74) is 0.453. The Morgan fingerprint density at radius 2 is 1.75 bits per heavy atom. The number of hydrogen-bond acceptors (Lipinski definition) is 3. The third kappa shape index (κ3) is 5.32. The second kappa shape index (κ2) is 7.41. The zero-order valence-corrected chi connectivity index (χ0v) is 13.1. The molecular weight excluding hydrogens is 272 g/mol. The van der Waals surface area contributed by atoms with Gasteiger partial charge >= 0.3 is 0 Å². The maximum atomic E-state index is 12.1. The first kappa shape index (κ1) is 16.7. The number of rotatable bonds is 7. The summed E-state index contributed by atoms with van der Waals surface area (Å²) in [4.78, 5) is 0.201. The molecule has 0 unspecified atom stereocenters. The van der Waals surface area contributed by atoms with Crippen molar-refractivity contribution in [3.63, 3.8) is 0 Å². The van der Waals surface area contributed by atoms with Gasteiger partial charge in [0.15, 0.2) is 0 Å². The Morgan fingerprint density at radius 1 is 1.15 bits per heavy atom. The van der Waals surface area contributed by atoms with Gasteiger partial charge in [-0.15, -0.1) is 0 Å². The second-order valence-corrected chi connectivity index (χ2v) is 7.20. The fraction of sp³-hybridized carbons (Fsp3) is 0.533. The summed E-state index contributed by atoms with van der Waals surface area (Å²) in [5.74, 6) is 0.636. The molecule has 0 fully saturated rings. The summed E-state index contributed by atoms with van der Waals surface area (Å²) in [5, 5.41) is 8.70. The summed E-state index contributed by atoms with van der Waals surface area (Å²) in [7, 11) is -3.49. The minimum atomic E-state index is -3.49. The topological polar surface area (TPSA) is 70.0 Å². The zero-order valence-electron chi connectivity index (χ0n) is 12.3. The Hall–Kier alpha value is -1.38. The highest BCUT2D eigenvalue weighted by Gasteiger charge is 2.17. The monoisotopic (exact) mass is 294 g/mol. The first-order valence-corrected chi connectivity index (χ1v) is 8.36. The molecule has 1 aromatic carbocycles. The number of benzene rings is 1. The van der Waals surface area contributed by atoms with Gasteiger partial charge in [-0.1, -0.05) is 26.7 Å². The van der Waals surface area contributed by atoms with Crippen molar-refractivity contribution in [2.24, 2.45) is 5.92 Å². The summed E-state index contributed by atoms with van der Waals surface area (Å²) >= 11 is 0. The van der Waals surface area contributed by atoms with Crippen LogP contribution in [0.15, 0.2) is 29.2 Å². The molecule has 20 heavy (non-hydrogen) atoms. The standard InChI is InChI=1S/C15H22N2O2S/c1-12(2)5-4-6-13(3)17-20(18,19)15-9-7-14(11-16)8-10-15/h7-10,12-13,17H,4-6H2,1-3H3/t13-/m0/s1. The van der Waals surface area contributed by atoms with Gasteiger partial charge in [-0.25, -0.2) is 13.1 Å². The average molecular weight is 294 g/mol. The Balaban J connectivity index is 2.62. The molecule has 0 heterocycles. The lowest BCUT2D eigenvalue weighted by Crippen LogP contribution is -2.32. The summed E-state index contributed by atoms with van der Waals surface area (Å²) in [6, 6.07) is 7.82. The minimum Gasteiger partial charge on any atom is -0.208 e. The maximum absolute atomic E-state index is 12.1. The molecule has 4 nitrogen and oxygen atoms in total. The van der Waals surface area contributed by atoms with Crippen LogP contribution in [0.3, 0.4) is 0 Å². The molecule has 0 amide bonds. The molecule has 0 aliphatic rings. The van der Waals surface area contributed by atoms with Gasteiger partial charge in [0.05, 0.1) is 16.5 Å². The van der Waals surface area contributed by atoms with Crippen molar-refractivity contribution in [3.8, 4) is 6.07 Å². The predicted octanol–water partition coefficient (Wildman–Crippen LogP) is 3.05. The quantitative estimate of drug-likeness (QED) is 0.840. The molecule has 5 heteroatoms. The van der Waals surface area contributed by atoms with Gasteiger partial charge in [0, 0.05) is 6.04 Å². The van der Waals surface area contributed by atoms with Gasteiger partial charge in [-0.3, -0.25) is 0 Å². The van der Waals surface area contributed by atoms with Crippen LogP contribution in [0.5, 0.6) is 0 Å². The summed E-state index contributed by atoms with van der Waals surface area (Å²) < 4.78 is 27.0. The highest BCUT2D eigenvalue weighted by Crippen LogP contribution is 2.13. The summed E-state index contributed by atoms with van der Waals surface area (Å²) in [6.07, 6.45) is 2.94. The first-order chi connectivity index (χ1) is 9.35. The van der Waals surface area contributed by atoms with Crippen molar-refractivity contribution in [1.29, 1.82) is 5.26 Å². The molecule has 0 aliphatic heterocycles. The van der Waals surface area contributed by atoms with Crippen LogP contribution in [0.2, 0.25) is 0 Å². The molecule has 1 atom stereocenters. The number of nitrogens with zero attached hydrogens (tertiary/aromatic N) is 1. The molecule has 0 bridgehead atoms. The van der Waals surface area contributed by atoms with Crippen molar-refractivity contribution >= 4 is 10.0 Å². The molecule has 0 aliphatic carbocycles. The van der Waals surface area contributed by atoms with Crippen molar-refractivity contribution < 1.29 is 8.42 Å². The Kier molecular flexibility index (Phi) is 6.18. The maximum Gasteiger partial charge on any atom is 0.240 e. The van der Waals surface area contributed by atoms with E-state index in [1.54, 1.807) is 0 Å². The van der Waals surface area contributed by atoms with Gasteiger partial charge < -0.3 is 0 Å². The number of nitriles is 1. The van der Waals surface area contributed by atoms with Crippen LogP contribution in [0.25, 0.3) is 0 Å². The third-order valence-corrected chi connectivity index (χ3v) is 4.67. The summed E-state index contributed by atoms with van der Waals surface area (Å²) in [6.45, 7) is 6.19. The van der Waals surface area contributed by atoms with Crippen molar-refractivity contribution in [3.05, 3.63) is 29.8 Å². The van der Waals surface area contributed by atoms with E-state index in [9.17, 15) is 8.42 Å². The van der Waals surface area contributed by atoms with E-state index in [1.807, 2.05) is 13.0 Å². The van der Waals surface area contributed by atoms with E-state index in [1.165, 1.54) is 24.3 Å².